The fourth-order valence-corrected chi connectivity index (χ4v) is 2.79. The molecule has 2 aromatic rings. The van der Waals surface area contributed by atoms with Crippen LogP contribution in [-0.4, -0.2) is 37.4 Å². The van der Waals surface area contributed by atoms with Crippen LogP contribution < -0.4 is 10.1 Å². The Morgan fingerprint density at radius 3 is 2.14 bits per heavy atom. The molecule has 0 saturated carbocycles. The van der Waals surface area contributed by atoms with Gasteiger partial charge in [0.15, 0.2) is 0 Å². The first-order valence-electron chi connectivity index (χ1n) is 9.46. The van der Waals surface area contributed by atoms with Crippen molar-refractivity contribution in [2.45, 2.75) is 39.0 Å². The fourth-order valence-electron chi connectivity index (χ4n) is 2.79. The average molecular weight is 383 g/mol. The molecule has 2 amide bonds. The number of hydrogen-bond acceptors (Lipinski definition) is 3. The molecular formula is C23H30N2O3. The van der Waals surface area contributed by atoms with Gasteiger partial charge in [-0.2, -0.15) is 0 Å². The number of aryl methyl sites for hydroxylation is 1. The molecule has 0 aliphatic heterocycles. The van der Waals surface area contributed by atoms with Crippen LogP contribution in [0.2, 0.25) is 0 Å². The third-order valence-electron chi connectivity index (χ3n) is 4.63. The van der Waals surface area contributed by atoms with Gasteiger partial charge in [-0.1, -0.05) is 45.0 Å². The maximum atomic E-state index is 12.3. The van der Waals surface area contributed by atoms with E-state index in [0.717, 1.165) is 11.3 Å². The van der Waals surface area contributed by atoms with Gasteiger partial charge in [0.05, 0.1) is 13.7 Å². The van der Waals surface area contributed by atoms with Crippen molar-refractivity contribution < 1.29 is 14.3 Å². The van der Waals surface area contributed by atoms with Gasteiger partial charge in [-0.05, 0) is 47.2 Å². The molecule has 5 nitrogen and oxygen atoms in total. The second-order valence-corrected chi connectivity index (χ2v) is 7.97. The summed E-state index contributed by atoms with van der Waals surface area (Å²) >= 11 is 0. The van der Waals surface area contributed by atoms with Crippen molar-refractivity contribution in [3.8, 4) is 5.75 Å². The molecule has 2 aromatic carbocycles. The van der Waals surface area contributed by atoms with Crippen LogP contribution in [-0.2, 0) is 21.4 Å². The number of benzene rings is 2. The van der Waals surface area contributed by atoms with E-state index in [1.54, 1.807) is 38.4 Å². The highest BCUT2D eigenvalue weighted by Crippen LogP contribution is 2.22. The Morgan fingerprint density at radius 1 is 1.00 bits per heavy atom. The predicted molar refractivity (Wildman–Crippen MR) is 113 cm³/mol. The van der Waals surface area contributed by atoms with Gasteiger partial charge in [0.2, 0.25) is 11.8 Å². The minimum atomic E-state index is -0.226. The first-order valence-corrected chi connectivity index (χ1v) is 9.46. The fraction of sp³-hybridized carbons (Fsp3) is 0.391. The molecule has 0 heterocycles. The molecule has 0 saturated heterocycles. The highest BCUT2D eigenvalue weighted by atomic mass is 16.5. The van der Waals surface area contributed by atoms with Crippen LogP contribution in [0.15, 0.2) is 48.5 Å². The molecule has 28 heavy (non-hydrogen) atoms. The minimum Gasteiger partial charge on any atom is -0.497 e. The smallest absolute Gasteiger partial charge is 0.243 e. The third kappa shape index (κ3) is 6.41. The largest absolute Gasteiger partial charge is 0.497 e. The maximum absolute atomic E-state index is 12.3. The highest BCUT2D eigenvalue weighted by molar-refractivity contribution is 5.94. The van der Waals surface area contributed by atoms with E-state index in [1.165, 1.54) is 10.5 Å². The lowest BCUT2D eigenvalue weighted by Crippen LogP contribution is -2.35. The van der Waals surface area contributed by atoms with Gasteiger partial charge in [0.25, 0.3) is 0 Å². The number of carbonyl (C=O) groups is 2. The Labute approximate surface area is 167 Å². The van der Waals surface area contributed by atoms with Gasteiger partial charge in [-0.3, -0.25) is 9.59 Å². The molecule has 5 heteroatoms. The van der Waals surface area contributed by atoms with Crippen molar-refractivity contribution in [1.29, 1.82) is 0 Å². The molecule has 0 bridgehead atoms. The molecule has 0 aliphatic carbocycles. The number of nitrogens with zero attached hydrogens (tertiary/aromatic N) is 1. The number of hydrogen-bond donors (Lipinski definition) is 1. The summed E-state index contributed by atoms with van der Waals surface area (Å²) in [5, 5.41) is 2.78. The number of carbonyl (C=O) groups excluding carboxylic acids is 2. The number of anilines is 1. The summed E-state index contributed by atoms with van der Waals surface area (Å²) in [4.78, 5) is 26.0. The summed E-state index contributed by atoms with van der Waals surface area (Å²) in [6.07, 6.45) is 1.04. The van der Waals surface area contributed by atoms with Crippen LogP contribution in [0, 0.1) is 0 Å². The molecule has 0 aromatic heterocycles. The van der Waals surface area contributed by atoms with E-state index in [2.05, 4.69) is 50.4 Å². The second-order valence-electron chi connectivity index (χ2n) is 7.97. The summed E-state index contributed by atoms with van der Waals surface area (Å²) in [7, 11) is 3.24. The van der Waals surface area contributed by atoms with Gasteiger partial charge >= 0.3 is 0 Å². The number of likely N-dealkylation sites (N-methyl/N-ethyl adjacent to an activating group) is 1. The van der Waals surface area contributed by atoms with E-state index in [4.69, 9.17) is 4.74 Å². The average Bonchev–Trinajstić information content (AvgIpc) is 2.66. The molecule has 1 N–H and O–H groups in total. The molecule has 0 fully saturated rings. The maximum Gasteiger partial charge on any atom is 0.243 e. The van der Waals surface area contributed by atoms with Crippen molar-refractivity contribution in [2.75, 3.05) is 26.0 Å². The number of rotatable bonds is 7. The van der Waals surface area contributed by atoms with Crippen molar-refractivity contribution in [2.24, 2.45) is 0 Å². The molecule has 0 radical (unpaired) electrons. The first-order chi connectivity index (χ1) is 13.2. The lowest BCUT2D eigenvalue weighted by atomic mass is 9.86. The van der Waals surface area contributed by atoms with E-state index < -0.39 is 0 Å². The highest BCUT2D eigenvalue weighted by Gasteiger charge is 2.15. The molecule has 0 spiro atoms. The van der Waals surface area contributed by atoms with E-state index in [0.29, 0.717) is 18.5 Å². The molecular weight excluding hydrogens is 352 g/mol. The molecule has 0 unspecified atom stereocenters. The van der Waals surface area contributed by atoms with Gasteiger partial charge < -0.3 is 15.0 Å². The first kappa shape index (κ1) is 21.5. The summed E-state index contributed by atoms with van der Waals surface area (Å²) in [5.74, 6) is 0.446. The lowest BCUT2D eigenvalue weighted by molar-refractivity contribution is -0.133. The van der Waals surface area contributed by atoms with E-state index in [9.17, 15) is 9.59 Å². The van der Waals surface area contributed by atoms with Crippen LogP contribution in [0.1, 0.15) is 38.3 Å². The van der Waals surface area contributed by atoms with Gasteiger partial charge in [0, 0.05) is 19.2 Å². The Morgan fingerprint density at radius 2 is 1.61 bits per heavy atom. The molecule has 0 aliphatic rings. The summed E-state index contributed by atoms with van der Waals surface area (Å²) in [5.41, 5.74) is 3.18. The van der Waals surface area contributed by atoms with Crippen molar-refractivity contribution in [3.63, 3.8) is 0 Å². The minimum absolute atomic E-state index is 0.0217. The Kier molecular flexibility index (Phi) is 7.21. The van der Waals surface area contributed by atoms with Crippen LogP contribution >= 0.6 is 0 Å². The normalized spacial score (nSPS) is 11.0. The van der Waals surface area contributed by atoms with Gasteiger partial charge in [0.1, 0.15) is 5.75 Å². The molecule has 2 rings (SSSR count). The predicted octanol–water partition coefficient (Wildman–Crippen LogP) is 4.02. The summed E-state index contributed by atoms with van der Waals surface area (Å²) < 4.78 is 5.09. The quantitative estimate of drug-likeness (QED) is 0.787. The van der Waals surface area contributed by atoms with Gasteiger partial charge in [-0.25, -0.2) is 0 Å². The third-order valence-corrected chi connectivity index (χ3v) is 4.63. The zero-order valence-electron chi connectivity index (χ0n) is 17.4. The van der Waals surface area contributed by atoms with Crippen molar-refractivity contribution >= 4 is 17.5 Å². The van der Waals surface area contributed by atoms with Crippen LogP contribution in [0.25, 0.3) is 0 Å². The molecule has 0 atom stereocenters. The van der Waals surface area contributed by atoms with E-state index in [-0.39, 0.29) is 23.8 Å². The number of methoxy groups -OCH3 is 1. The standard InChI is InChI=1S/C23H30N2O3/c1-23(2,3)18-9-6-17(7-10-18)8-15-22(27)25(4)16-21(26)24-19-11-13-20(28-5)14-12-19/h6-7,9-14H,8,15-16H2,1-5H3,(H,24,26). The van der Waals surface area contributed by atoms with E-state index >= 15 is 0 Å². The Bertz CT molecular complexity index is 790. The lowest BCUT2D eigenvalue weighted by Gasteiger charge is -2.19. The summed E-state index contributed by atoms with van der Waals surface area (Å²) in [6, 6.07) is 15.5. The Hall–Kier alpha value is -2.82. The topological polar surface area (TPSA) is 58.6 Å². The monoisotopic (exact) mass is 382 g/mol. The molecule has 150 valence electrons. The van der Waals surface area contributed by atoms with Gasteiger partial charge in [-0.15, -0.1) is 0 Å². The van der Waals surface area contributed by atoms with Crippen LogP contribution in [0.4, 0.5) is 5.69 Å². The zero-order valence-corrected chi connectivity index (χ0v) is 17.4. The zero-order chi connectivity index (χ0) is 20.7. The Balaban J connectivity index is 1.80. The van der Waals surface area contributed by atoms with Crippen LogP contribution in [0.5, 0.6) is 5.75 Å². The number of amides is 2. The van der Waals surface area contributed by atoms with Crippen molar-refractivity contribution in [1.82, 2.24) is 4.90 Å². The summed E-state index contributed by atoms with van der Waals surface area (Å²) in [6.45, 7) is 6.56. The van der Waals surface area contributed by atoms with E-state index in [1.807, 2.05) is 0 Å². The second kappa shape index (κ2) is 9.40. The number of ether oxygens (including phenoxy) is 1. The van der Waals surface area contributed by atoms with Crippen LogP contribution in [0.3, 0.4) is 0 Å². The SMILES string of the molecule is COc1ccc(NC(=O)CN(C)C(=O)CCc2ccc(C(C)(C)C)cc2)cc1. The number of nitrogens with one attached hydrogen (secondary N) is 1. The van der Waals surface area contributed by atoms with Crippen molar-refractivity contribution in [3.05, 3.63) is 59.7 Å².